The number of amides is 1. The third kappa shape index (κ3) is 8.04. The van der Waals surface area contributed by atoms with Gasteiger partial charge in [0.1, 0.15) is 0 Å². The maximum Gasteiger partial charge on any atom is 0.328 e. The van der Waals surface area contributed by atoms with Gasteiger partial charge in [0.05, 0.1) is 17.8 Å². The zero-order chi connectivity index (χ0) is 23.8. The van der Waals surface area contributed by atoms with Crippen molar-refractivity contribution in [1.82, 2.24) is 0 Å². The molecule has 0 saturated heterocycles. The van der Waals surface area contributed by atoms with Crippen LogP contribution in [0.4, 0.5) is 11.4 Å². The van der Waals surface area contributed by atoms with Crippen LogP contribution in [0.1, 0.15) is 45.7 Å². The summed E-state index contributed by atoms with van der Waals surface area (Å²) in [5, 5.41) is 12.8. The molecular formula is C26H33ClN2O3. The number of rotatable bonds is 10. The number of carboxylic acids is 1. The number of aliphatic carboxylic acids is 1. The molecule has 0 atom stereocenters. The Balaban J connectivity index is 2.43. The van der Waals surface area contributed by atoms with Gasteiger partial charge in [0.15, 0.2) is 0 Å². The van der Waals surface area contributed by atoms with Gasteiger partial charge in [0.2, 0.25) is 5.91 Å². The van der Waals surface area contributed by atoms with E-state index in [-0.39, 0.29) is 12.3 Å². The zero-order valence-electron chi connectivity index (χ0n) is 19.5. The van der Waals surface area contributed by atoms with Crippen LogP contribution in [0.3, 0.4) is 0 Å². The Morgan fingerprint density at radius 1 is 1.06 bits per heavy atom. The van der Waals surface area contributed by atoms with Crippen LogP contribution in [0.2, 0.25) is 5.02 Å². The van der Waals surface area contributed by atoms with Crippen molar-refractivity contribution in [3.05, 3.63) is 64.7 Å². The fourth-order valence-corrected chi connectivity index (χ4v) is 3.82. The number of hydrogen-bond donors (Lipinski definition) is 2. The van der Waals surface area contributed by atoms with Crippen LogP contribution >= 0.6 is 11.6 Å². The van der Waals surface area contributed by atoms with E-state index >= 15 is 0 Å². The number of carbonyl (C=O) groups is 2. The highest BCUT2D eigenvalue weighted by atomic mass is 35.5. The van der Waals surface area contributed by atoms with Crippen LogP contribution in [0, 0.1) is 11.8 Å². The average Bonchev–Trinajstić information content (AvgIpc) is 2.66. The number of benzene rings is 2. The number of nitrogens with one attached hydrogen (secondary N) is 1. The molecule has 0 aliphatic carbocycles. The van der Waals surface area contributed by atoms with E-state index in [1.165, 1.54) is 6.08 Å². The lowest BCUT2D eigenvalue weighted by Crippen LogP contribution is -2.32. The maximum atomic E-state index is 12.9. The number of halogens is 1. The summed E-state index contributed by atoms with van der Waals surface area (Å²) in [6, 6.07) is 13.0. The maximum absolute atomic E-state index is 12.9. The molecule has 0 spiro atoms. The van der Waals surface area contributed by atoms with E-state index in [2.05, 4.69) is 37.9 Å². The summed E-state index contributed by atoms with van der Waals surface area (Å²) in [5.41, 5.74) is 3.81. The van der Waals surface area contributed by atoms with Crippen LogP contribution in [0.15, 0.2) is 48.5 Å². The molecule has 0 saturated carbocycles. The predicted octanol–water partition coefficient (Wildman–Crippen LogP) is 6.13. The minimum Gasteiger partial charge on any atom is -0.478 e. The standard InChI is InChI=1S/C26H33ClN2O3/c1-17(2)15-29(16-18(3)4)24-10-9-21(19(5)11-26(31)32)14-23(24)28-25(30)13-20-7-6-8-22(27)12-20/h6-12,14,17-18H,13,15-16H2,1-5H3,(H,28,30)(H,31,32)/b19-11+. The number of anilines is 2. The van der Waals surface area contributed by atoms with Crippen molar-refractivity contribution in [3.8, 4) is 0 Å². The molecule has 32 heavy (non-hydrogen) atoms. The van der Waals surface area contributed by atoms with Gasteiger partial charge in [0.25, 0.3) is 0 Å². The summed E-state index contributed by atoms with van der Waals surface area (Å²) in [6.45, 7) is 12.1. The van der Waals surface area contributed by atoms with Crippen LogP contribution < -0.4 is 10.2 Å². The van der Waals surface area contributed by atoms with Gasteiger partial charge in [-0.15, -0.1) is 0 Å². The Morgan fingerprint density at radius 3 is 2.28 bits per heavy atom. The molecule has 172 valence electrons. The van der Waals surface area contributed by atoms with Crippen LogP contribution in [0.5, 0.6) is 0 Å². The fraction of sp³-hybridized carbons (Fsp3) is 0.385. The Kier molecular flexibility index (Phi) is 9.33. The second kappa shape index (κ2) is 11.7. The first-order valence-corrected chi connectivity index (χ1v) is 11.3. The molecule has 5 nitrogen and oxygen atoms in total. The number of nitrogens with zero attached hydrogens (tertiary/aromatic N) is 1. The van der Waals surface area contributed by atoms with Crippen LogP contribution in [-0.2, 0) is 16.0 Å². The summed E-state index contributed by atoms with van der Waals surface area (Å²) >= 11 is 6.06. The molecule has 0 aliphatic rings. The highest BCUT2D eigenvalue weighted by molar-refractivity contribution is 6.30. The second-order valence-electron chi connectivity index (χ2n) is 8.95. The third-order valence-corrected chi connectivity index (χ3v) is 5.07. The van der Waals surface area contributed by atoms with E-state index < -0.39 is 5.97 Å². The quantitative estimate of drug-likeness (QED) is 0.422. The lowest BCUT2D eigenvalue weighted by molar-refractivity contribution is -0.131. The minimum atomic E-state index is -1.00. The smallest absolute Gasteiger partial charge is 0.328 e. The van der Waals surface area contributed by atoms with Crippen LogP contribution in [0.25, 0.3) is 5.57 Å². The molecule has 0 fully saturated rings. The molecule has 6 heteroatoms. The first-order chi connectivity index (χ1) is 15.0. The minimum absolute atomic E-state index is 0.153. The van der Waals surface area contributed by atoms with E-state index in [0.29, 0.717) is 28.1 Å². The Hall–Kier alpha value is -2.79. The van der Waals surface area contributed by atoms with Gasteiger partial charge in [-0.05, 0) is 59.7 Å². The van der Waals surface area contributed by atoms with Gasteiger partial charge < -0.3 is 15.3 Å². The third-order valence-electron chi connectivity index (χ3n) is 4.83. The lowest BCUT2D eigenvalue weighted by atomic mass is 10.0. The summed E-state index contributed by atoms with van der Waals surface area (Å²) < 4.78 is 0. The van der Waals surface area contributed by atoms with Crippen molar-refractivity contribution in [3.63, 3.8) is 0 Å². The van der Waals surface area contributed by atoms with Crippen molar-refractivity contribution >= 4 is 40.4 Å². The molecule has 2 N–H and O–H groups in total. The van der Waals surface area contributed by atoms with Gasteiger partial charge in [-0.3, -0.25) is 4.79 Å². The summed E-state index contributed by atoms with van der Waals surface area (Å²) in [4.78, 5) is 26.3. The topological polar surface area (TPSA) is 69.6 Å². The van der Waals surface area contributed by atoms with Crippen molar-refractivity contribution in [2.75, 3.05) is 23.3 Å². The number of allylic oxidation sites excluding steroid dienone is 1. The first-order valence-electron chi connectivity index (χ1n) is 10.9. The zero-order valence-corrected chi connectivity index (χ0v) is 20.2. The summed E-state index contributed by atoms with van der Waals surface area (Å²) in [7, 11) is 0. The molecule has 0 aromatic heterocycles. The Bertz CT molecular complexity index is 973. The molecule has 0 radical (unpaired) electrons. The Labute approximate surface area is 196 Å². The van der Waals surface area contributed by atoms with E-state index in [1.807, 2.05) is 30.3 Å². The van der Waals surface area contributed by atoms with Crippen molar-refractivity contribution in [1.29, 1.82) is 0 Å². The molecule has 2 rings (SSSR count). The molecule has 2 aromatic rings. The summed E-state index contributed by atoms with van der Waals surface area (Å²) in [6.07, 6.45) is 1.37. The van der Waals surface area contributed by atoms with Gasteiger partial charge in [-0.2, -0.15) is 0 Å². The number of carbonyl (C=O) groups excluding carboxylic acids is 1. The number of carboxylic acid groups (broad SMARTS) is 1. The molecule has 2 aromatic carbocycles. The molecular weight excluding hydrogens is 424 g/mol. The SMILES string of the molecule is C/C(=C\C(=O)O)c1ccc(N(CC(C)C)CC(C)C)c(NC(=O)Cc2cccc(Cl)c2)c1. The second-order valence-corrected chi connectivity index (χ2v) is 9.38. The highest BCUT2D eigenvalue weighted by Gasteiger charge is 2.17. The number of hydrogen-bond acceptors (Lipinski definition) is 3. The first kappa shape index (κ1) is 25.5. The van der Waals surface area contributed by atoms with Gasteiger partial charge >= 0.3 is 5.97 Å². The largest absolute Gasteiger partial charge is 0.478 e. The normalized spacial score (nSPS) is 11.7. The molecule has 1 amide bonds. The van der Waals surface area contributed by atoms with Crippen molar-refractivity contribution in [2.24, 2.45) is 11.8 Å². The van der Waals surface area contributed by atoms with E-state index in [1.54, 1.807) is 19.1 Å². The van der Waals surface area contributed by atoms with E-state index in [4.69, 9.17) is 16.7 Å². The fourth-order valence-electron chi connectivity index (χ4n) is 3.61. The van der Waals surface area contributed by atoms with Gasteiger partial charge in [0, 0.05) is 24.2 Å². The van der Waals surface area contributed by atoms with Gasteiger partial charge in [-0.1, -0.05) is 57.5 Å². The summed E-state index contributed by atoms with van der Waals surface area (Å²) in [5.74, 6) is -0.270. The van der Waals surface area contributed by atoms with E-state index in [9.17, 15) is 9.59 Å². The van der Waals surface area contributed by atoms with Crippen molar-refractivity contribution < 1.29 is 14.7 Å². The molecule has 0 aliphatic heterocycles. The lowest BCUT2D eigenvalue weighted by Gasteiger charge is -2.31. The highest BCUT2D eigenvalue weighted by Crippen LogP contribution is 2.31. The van der Waals surface area contributed by atoms with Crippen LogP contribution in [-0.4, -0.2) is 30.1 Å². The molecule has 0 unspecified atom stereocenters. The molecule has 0 heterocycles. The average molecular weight is 457 g/mol. The monoisotopic (exact) mass is 456 g/mol. The molecule has 0 bridgehead atoms. The van der Waals surface area contributed by atoms with E-state index in [0.717, 1.165) is 29.9 Å². The van der Waals surface area contributed by atoms with Gasteiger partial charge in [-0.25, -0.2) is 4.79 Å². The Morgan fingerprint density at radius 2 is 1.72 bits per heavy atom. The predicted molar refractivity (Wildman–Crippen MR) is 133 cm³/mol. The van der Waals surface area contributed by atoms with Crippen molar-refractivity contribution in [2.45, 2.75) is 41.0 Å².